The van der Waals surface area contributed by atoms with E-state index in [2.05, 4.69) is 15.6 Å². The summed E-state index contributed by atoms with van der Waals surface area (Å²) in [6.07, 6.45) is 1.93. The van der Waals surface area contributed by atoms with Gasteiger partial charge in [0, 0.05) is 26.1 Å². The summed E-state index contributed by atoms with van der Waals surface area (Å²) in [5.41, 5.74) is 1.13. The van der Waals surface area contributed by atoms with Crippen LogP contribution < -0.4 is 5.32 Å². The first-order valence-corrected chi connectivity index (χ1v) is 6.78. The number of benzene rings is 1. The average molecular weight is 285 g/mol. The van der Waals surface area contributed by atoms with E-state index in [0.717, 1.165) is 5.69 Å². The molecule has 1 saturated heterocycles. The molecule has 1 aromatic heterocycles. The van der Waals surface area contributed by atoms with Crippen LogP contribution in [0.2, 0.25) is 0 Å². The monoisotopic (exact) mass is 285 g/mol. The van der Waals surface area contributed by atoms with Gasteiger partial charge in [-0.05, 0) is 12.1 Å². The summed E-state index contributed by atoms with van der Waals surface area (Å²) in [4.78, 5) is 25.3. The zero-order valence-corrected chi connectivity index (χ0v) is 11.4. The number of aromatic nitrogens is 3. The Labute approximate surface area is 121 Å². The van der Waals surface area contributed by atoms with E-state index in [4.69, 9.17) is 0 Å². The second-order valence-electron chi connectivity index (χ2n) is 4.78. The molecule has 108 valence electrons. The van der Waals surface area contributed by atoms with Crippen molar-refractivity contribution in [1.29, 1.82) is 0 Å². The molecule has 1 N–H and O–H groups in total. The molecule has 1 fully saturated rings. The largest absolute Gasteiger partial charge is 0.354 e. The Bertz CT molecular complexity index is 652. The van der Waals surface area contributed by atoms with Gasteiger partial charge in [-0.3, -0.25) is 9.59 Å². The first-order chi connectivity index (χ1) is 10.2. The molecule has 0 bridgehead atoms. The van der Waals surface area contributed by atoms with Crippen molar-refractivity contribution in [2.45, 2.75) is 6.42 Å². The molecular weight excluding hydrogens is 270 g/mol. The van der Waals surface area contributed by atoms with Crippen molar-refractivity contribution in [2.75, 3.05) is 19.6 Å². The summed E-state index contributed by atoms with van der Waals surface area (Å²) in [6.45, 7) is 1.36. The molecule has 1 aliphatic rings. The molecular formula is C14H15N5O2. The molecule has 2 amide bonds. The first-order valence-electron chi connectivity index (χ1n) is 6.78. The molecule has 7 heteroatoms. The number of hydrogen-bond acceptors (Lipinski definition) is 4. The fourth-order valence-corrected chi connectivity index (χ4v) is 2.20. The van der Waals surface area contributed by atoms with Crippen LogP contribution in [0.3, 0.4) is 0 Å². The maximum absolute atomic E-state index is 12.4. The molecule has 0 aliphatic carbocycles. The third kappa shape index (κ3) is 2.91. The Hall–Kier alpha value is -2.70. The molecule has 0 spiro atoms. The van der Waals surface area contributed by atoms with Crippen molar-refractivity contribution >= 4 is 11.8 Å². The van der Waals surface area contributed by atoms with Crippen molar-refractivity contribution in [1.82, 2.24) is 25.2 Å². The smallest absolute Gasteiger partial charge is 0.276 e. The molecule has 3 rings (SSSR count). The number of amides is 2. The maximum Gasteiger partial charge on any atom is 0.276 e. The fraction of sp³-hybridized carbons (Fsp3) is 0.286. The molecule has 0 radical (unpaired) electrons. The Morgan fingerprint density at radius 2 is 2.00 bits per heavy atom. The Kier molecular flexibility index (Phi) is 3.63. The molecule has 0 saturated carbocycles. The topological polar surface area (TPSA) is 80.1 Å². The van der Waals surface area contributed by atoms with E-state index < -0.39 is 0 Å². The van der Waals surface area contributed by atoms with Gasteiger partial charge in [-0.15, -0.1) is 5.10 Å². The van der Waals surface area contributed by atoms with Gasteiger partial charge in [0.15, 0.2) is 5.69 Å². The second kappa shape index (κ2) is 5.74. The van der Waals surface area contributed by atoms with Gasteiger partial charge in [0.1, 0.15) is 0 Å². The van der Waals surface area contributed by atoms with Crippen LogP contribution in [0, 0.1) is 0 Å². The summed E-state index contributed by atoms with van der Waals surface area (Å²) >= 11 is 0. The number of para-hydroxylation sites is 1. The van der Waals surface area contributed by atoms with Crippen molar-refractivity contribution in [3.8, 4) is 5.69 Å². The SMILES string of the molecule is O=C1CCN(C(=O)c2cn(-c3ccccc3)nn2)CCN1. The van der Waals surface area contributed by atoms with Crippen LogP contribution in [-0.2, 0) is 4.79 Å². The van der Waals surface area contributed by atoms with Gasteiger partial charge in [-0.2, -0.15) is 0 Å². The summed E-state index contributed by atoms with van der Waals surface area (Å²) in [6, 6.07) is 9.47. The minimum atomic E-state index is -0.200. The number of nitrogens with zero attached hydrogens (tertiary/aromatic N) is 4. The van der Waals surface area contributed by atoms with Crippen molar-refractivity contribution < 1.29 is 9.59 Å². The van der Waals surface area contributed by atoms with Crippen LogP contribution in [0.4, 0.5) is 0 Å². The van der Waals surface area contributed by atoms with Gasteiger partial charge < -0.3 is 10.2 Å². The zero-order chi connectivity index (χ0) is 14.7. The molecule has 21 heavy (non-hydrogen) atoms. The van der Waals surface area contributed by atoms with E-state index in [1.165, 1.54) is 0 Å². The van der Waals surface area contributed by atoms with E-state index in [-0.39, 0.29) is 17.5 Å². The van der Waals surface area contributed by atoms with E-state index in [9.17, 15) is 9.59 Å². The zero-order valence-electron chi connectivity index (χ0n) is 11.4. The van der Waals surface area contributed by atoms with E-state index in [1.807, 2.05) is 30.3 Å². The highest BCUT2D eigenvalue weighted by molar-refractivity contribution is 5.92. The van der Waals surface area contributed by atoms with E-state index >= 15 is 0 Å². The molecule has 1 aromatic carbocycles. The van der Waals surface area contributed by atoms with Gasteiger partial charge in [0.2, 0.25) is 5.91 Å². The molecule has 0 unspecified atom stereocenters. The second-order valence-corrected chi connectivity index (χ2v) is 4.78. The minimum absolute atomic E-state index is 0.0294. The van der Waals surface area contributed by atoms with Gasteiger partial charge in [-0.1, -0.05) is 23.4 Å². The molecule has 2 heterocycles. The van der Waals surface area contributed by atoms with Crippen LogP contribution in [0.5, 0.6) is 0 Å². The molecule has 1 aliphatic heterocycles. The first kappa shape index (κ1) is 13.3. The minimum Gasteiger partial charge on any atom is -0.354 e. The summed E-state index contributed by atoms with van der Waals surface area (Å²) < 4.78 is 1.56. The standard InChI is InChI=1S/C14H15N5O2/c20-13-6-8-18(9-7-15-13)14(21)12-10-19(17-16-12)11-4-2-1-3-5-11/h1-5,10H,6-9H2,(H,15,20). The van der Waals surface area contributed by atoms with Crippen molar-refractivity contribution in [3.05, 3.63) is 42.2 Å². The van der Waals surface area contributed by atoms with Crippen LogP contribution in [0.15, 0.2) is 36.5 Å². The molecule has 7 nitrogen and oxygen atoms in total. The number of rotatable bonds is 2. The van der Waals surface area contributed by atoms with E-state index in [0.29, 0.717) is 26.1 Å². The molecule has 2 aromatic rings. The third-order valence-corrected chi connectivity index (χ3v) is 3.33. The number of nitrogens with one attached hydrogen (secondary N) is 1. The van der Waals surface area contributed by atoms with Crippen molar-refractivity contribution in [2.24, 2.45) is 0 Å². The number of carbonyl (C=O) groups is 2. The Morgan fingerprint density at radius 1 is 1.19 bits per heavy atom. The lowest BCUT2D eigenvalue weighted by molar-refractivity contribution is -0.120. The summed E-state index contributed by atoms with van der Waals surface area (Å²) in [7, 11) is 0. The molecule has 0 atom stereocenters. The lowest BCUT2D eigenvalue weighted by atomic mass is 10.3. The van der Waals surface area contributed by atoms with Crippen LogP contribution >= 0.6 is 0 Å². The van der Waals surface area contributed by atoms with Crippen LogP contribution in [0.1, 0.15) is 16.9 Å². The summed E-state index contributed by atoms with van der Waals surface area (Å²) in [5.74, 6) is -0.230. The van der Waals surface area contributed by atoms with Crippen LogP contribution in [-0.4, -0.2) is 51.3 Å². The Balaban J connectivity index is 1.76. The fourth-order valence-electron chi connectivity index (χ4n) is 2.20. The number of hydrogen-bond donors (Lipinski definition) is 1. The quantitative estimate of drug-likeness (QED) is 0.856. The predicted molar refractivity (Wildman–Crippen MR) is 74.9 cm³/mol. The lowest BCUT2D eigenvalue weighted by Gasteiger charge is -2.17. The van der Waals surface area contributed by atoms with Gasteiger partial charge in [0.05, 0.1) is 11.9 Å². The van der Waals surface area contributed by atoms with Gasteiger partial charge in [-0.25, -0.2) is 4.68 Å². The van der Waals surface area contributed by atoms with Gasteiger partial charge >= 0.3 is 0 Å². The van der Waals surface area contributed by atoms with Gasteiger partial charge in [0.25, 0.3) is 5.91 Å². The number of carbonyl (C=O) groups excluding carboxylic acids is 2. The lowest BCUT2D eigenvalue weighted by Crippen LogP contribution is -2.34. The normalized spacial score (nSPS) is 15.4. The maximum atomic E-state index is 12.4. The third-order valence-electron chi connectivity index (χ3n) is 3.33. The van der Waals surface area contributed by atoms with Crippen LogP contribution in [0.25, 0.3) is 5.69 Å². The highest BCUT2D eigenvalue weighted by atomic mass is 16.2. The predicted octanol–water partition coefficient (Wildman–Crippen LogP) is 0.229. The van der Waals surface area contributed by atoms with E-state index in [1.54, 1.807) is 15.8 Å². The van der Waals surface area contributed by atoms with Crippen molar-refractivity contribution in [3.63, 3.8) is 0 Å². The highest BCUT2D eigenvalue weighted by Gasteiger charge is 2.22. The highest BCUT2D eigenvalue weighted by Crippen LogP contribution is 2.08. The average Bonchev–Trinajstić information content (AvgIpc) is 2.91. The Morgan fingerprint density at radius 3 is 2.81 bits per heavy atom. The summed E-state index contributed by atoms with van der Waals surface area (Å²) in [5, 5.41) is 10.6.